The van der Waals surface area contributed by atoms with Crippen molar-refractivity contribution in [3.8, 4) is 0 Å². The first-order chi connectivity index (χ1) is 8.54. The van der Waals surface area contributed by atoms with E-state index in [1.165, 1.54) is 0 Å². The Balaban J connectivity index is 0. The molecule has 0 aromatic rings. The monoisotopic (exact) mass is 261 g/mol. The van der Waals surface area contributed by atoms with E-state index in [2.05, 4.69) is 19.2 Å². The van der Waals surface area contributed by atoms with Gasteiger partial charge in [-0.15, -0.1) is 0 Å². The summed E-state index contributed by atoms with van der Waals surface area (Å²) in [4.78, 5) is 20.2. The summed E-state index contributed by atoms with van der Waals surface area (Å²) < 4.78 is 0. The van der Waals surface area contributed by atoms with Crippen LogP contribution in [0.2, 0.25) is 0 Å². The topological polar surface area (TPSA) is 86.6 Å². The highest BCUT2D eigenvalue weighted by molar-refractivity contribution is 5.66. The molecule has 0 saturated carbocycles. The van der Waals surface area contributed by atoms with E-state index in [4.69, 9.17) is 10.2 Å². The van der Waals surface area contributed by atoms with E-state index in [0.29, 0.717) is 12.8 Å². The second-order valence-electron chi connectivity index (χ2n) is 4.01. The summed E-state index contributed by atoms with van der Waals surface area (Å²) in [5.74, 6) is -1.52. The van der Waals surface area contributed by atoms with Gasteiger partial charge in [0.05, 0.1) is 0 Å². The lowest BCUT2D eigenvalue weighted by molar-refractivity contribution is -0.138. The number of hydrogen-bond donors (Lipinski definition) is 3. The van der Waals surface area contributed by atoms with Crippen molar-refractivity contribution in [1.29, 1.82) is 0 Å². The molecule has 0 rings (SSSR count). The molecule has 0 fully saturated rings. The van der Waals surface area contributed by atoms with E-state index < -0.39 is 11.9 Å². The largest absolute Gasteiger partial charge is 0.481 e. The van der Waals surface area contributed by atoms with E-state index >= 15 is 0 Å². The first kappa shape index (κ1) is 19.2. The van der Waals surface area contributed by atoms with Crippen LogP contribution in [0.4, 0.5) is 0 Å². The number of carboxylic acid groups (broad SMARTS) is 2. The average Bonchev–Trinajstić information content (AvgIpc) is 2.29. The summed E-state index contributed by atoms with van der Waals surface area (Å²) >= 11 is 0. The van der Waals surface area contributed by atoms with Gasteiger partial charge < -0.3 is 15.5 Å². The molecule has 0 aromatic heterocycles. The fraction of sp³-hybridized carbons (Fsp3) is 0.846. The molecule has 0 saturated heterocycles. The molecule has 0 atom stereocenters. The summed E-state index contributed by atoms with van der Waals surface area (Å²) in [6.45, 7) is 6.39. The lowest BCUT2D eigenvalue weighted by atomic mass is 10.1. The fourth-order valence-corrected chi connectivity index (χ4v) is 1.33. The predicted molar refractivity (Wildman–Crippen MR) is 71.8 cm³/mol. The molecular weight excluding hydrogens is 234 g/mol. The highest BCUT2D eigenvalue weighted by Crippen LogP contribution is 2.06. The van der Waals surface area contributed by atoms with Crippen molar-refractivity contribution in [3.63, 3.8) is 0 Å². The van der Waals surface area contributed by atoms with Crippen LogP contribution in [-0.2, 0) is 9.59 Å². The van der Waals surface area contributed by atoms with Crippen LogP contribution in [0.15, 0.2) is 0 Å². The van der Waals surface area contributed by atoms with Gasteiger partial charge in [-0.1, -0.05) is 33.1 Å². The van der Waals surface area contributed by atoms with Gasteiger partial charge >= 0.3 is 11.9 Å². The van der Waals surface area contributed by atoms with Gasteiger partial charge in [-0.2, -0.15) is 0 Å². The summed E-state index contributed by atoms with van der Waals surface area (Å²) in [7, 11) is 0. The zero-order valence-electron chi connectivity index (χ0n) is 11.6. The Hall–Kier alpha value is -1.10. The van der Waals surface area contributed by atoms with Gasteiger partial charge in [-0.05, 0) is 25.9 Å². The van der Waals surface area contributed by atoms with Crippen molar-refractivity contribution >= 4 is 11.9 Å². The molecule has 3 N–H and O–H groups in total. The Kier molecular flexibility index (Phi) is 17.0. The second-order valence-corrected chi connectivity index (χ2v) is 4.01. The average molecular weight is 261 g/mol. The van der Waals surface area contributed by atoms with Crippen molar-refractivity contribution in [3.05, 3.63) is 0 Å². The summed E-state index contributed by atoms with van der Waals surface area (Å²) in [6.07, 6.45) is 4.53. The molecule has 0 aliphatic heterocycles. The van der Waals surface area contributed by atoms with Crippen LogP contribution in [0.25, 0.3) is 0 Å². The molecule has 0 aliphatic carbocycles. The maximum atomic E-state index is 10.1. The SMILES string of the molecule is CCNCC.O=C(O)CCCCCCCC(=O)O. The molecule has 0 aliphatic rings. The quantitative estimate of drug-likeness (QED) is 0.526. The van der Waals surface area contributed by atoms with Crippen molar-refractivity contribution in [1.82, 2.24) is 5.32 Å². The minimum absolute atomic E-state index is 0.221. The third-order valence-electron chi connectivity index (χ3n) is 2.28. The van der Waals surface area contributed by atoms with Gasteiger partial charge in [-0.3, -0.25) is 9.59 Å². The Labute approximate surface area is 110 Å². The van der Waals surface area contributed by atoms with Crippen LogP contribution in [0.1, 0.15) is 58.8 Å². The number of rotatable bonds is 10. The molecule has 0 aromatic carbocycles. The number of aliphatic carboxylic acids is 2. The van der Waals surface area contributed by atoms with Crippen LogP contribution < -0.4 is 5.32 Å². The number of carboxylic acids is 2. The van der Waals surface area contributed by atoms with Crippen LogP contribution in [0.5, 0.6) is 0 Å². The van der Waals surface area contributed by atoms with E-state index in [1.807, 2.05) is 0 Å². The Morgan fingerprint density at radius 2 is 1.11 bits per heavy atom. The Bertz CT molecular complexity index is 187. The van der Waals surface area contributed by atoms with Gasteiger partial charge in [0.2, 0.25) is 0 Å². The molecule has 0 spiro atoms. The zero-order valence-corrected chi connectivity index (χ0v) is 11.6. The molecule has 0 heterocycles. The van der Waals surface area contributed by atoms with Gasteiger partial charge in [0.15, 0.2) is 0 Å². The second kappa shape index (κ2) is 15.9. The molecule has 108 valence electrons. The molecule has 0 amide bonds. The maximum Gasteiger partial charge on any atom is 0.303 e. The van der Waals surface area contributed by atoms with Crippen molar-refractivity contribution in [2.24, 2.45) is 0 Å². The molecular formula is C13H27NO4. The number of nitrogens with one attached hydrogen (secondary N) is 1. The molecule has 5 nitrogen and oxygen atoms in total. The molecule has 5 heteroatoms. The van der Waals surface area contributed by atoms with E-state index in [9.17, 15) is 9.59 Å². The lowest BCUT2D eigenvalue weighted by Crippen LogP contribution is -2.09. The van der Waals surface area contributed by atoms with Crippen LogP contribution in [0, 0.1) is 0 Å². The van der Waals surface area contributed by atoms with Crippen LogP contribution >= 0.6 is 0 Å². The number of hydrogen-bond acceptors (Lipinski definition) is 3. The van der Waals surface area contributed by atoms with Gasteiger partial charge in [-0.25, -0.2) is 0 Å². The molecule has 18 heavy (non-hydrogen) atoms. The predicted octanol–water partition coefficient (Wildman–Crippen LogP) is 2.50. The minimum Gasteiger partial charge on any atom is -0.481 e. The summed E-state index contributed by atoms with van der Waals surface area (Å²) in [5.41, 5.74) is 0. The van der Waals surface area contributed by atoms with Gasteiger partial charge in [0, 0.05) is 12.8 Å². The van der Waals surface area contributed by atoms with E-state index in [-0.39, 0.29) is 12.8 Å². The smallest absolute Gasteiger partial charge is 0.303 e. The zero-order chi connectivity index (χ0) is 14.2. The third-order valence-corrected chi connectivity index (χ3v) is 2.28. The highest BCUT2D eigenvalue weighted by Gasteiger charge is 1.98. The first-order valence-electron chi connectivity index (χ1n) is 6.68. The number of carbonyl (C=O) groups is 2. The lowest BCUT2D eigenvalue weighted by Gasteiger charge is -1.97. The Morgan fingerprint density at radius 1 is 0.778 bits per heavy atom. The highest BCUT2D eigenvalue weighted by atomic mass is 16.4. The van der Waals surface area contributed by atoms with E-state index in [0.717, 1.165) is 32.4 Å². The minimum atomic E-state index is -0.759. The number of unbranched alkanes of at least 4 members (excludes halogenated alkanes) is 4. The standard InChI is InChI=1S/C9H16O4.C4H11N/c10-8(11)6-4-2-1-3-5-7-9(12)13;1-3-5-4-2/h1-7H2,(H,10,11)(H,12,13);5H,3-4H2,1-2H3. The van der Waals surface area contributed by atoms with Crippen molar-refractivity contribution < 1.29 is 19.8 Å². The summed E-state index contributed by atoms with van der Waals surface area (Å²) in [6, 6.07) is 0. The maximum absolute atomic E-state index is 10.1. The van der Waals surface area contributed by atoms with Crippen molar-refractivity contribution in [2.75, 3.05) is 13.1 Å². The fourth-order valence-electron chi connectivity index (χ4n) is 1.33. The Morgan fingerprint density at radius 3 is 1.33 bits per heavy atom. The molecule has 0 unspecified atom stereocenters. The van der Waals surface area contributed by atoms with Crippen LogP contribution in [-0.4, -0.2) is 35.2 Å². The normalized spacial score (nSPS) is 9.44. The van der Waals surface area contributed by atoms with Gasteiger partial charge in [0.1, 0.15) is 0 Å². The molecule has 0 bridgehead atoms. The first-order valence-corrected chi connectivity index (χ1v) is 6.68. The molecule has 0 radical (unpaired) electrons. The van der Waals surface area contributed by atoms with E-state index in [1.54, 1.807) is 0 Å². The van der Waals surface area contributed by atoms with Gasteiger partial charge in [0.25, 0.3) is 0 Å². The summed E-state index contributed by atoms with van der Waals surface area (Å²) in [5, 5.41) is 19.7. The third kappa shape index (κ3) is 24.2. The van der Waals surface area contributed by atoms with Crippen LogP contribution in [0.3, 0.4) is 0 Å². The van der Waals surface area contributed by atoms with Crippen molar-refractivity contribution in [2.45, 2.75) is 58.8 Å².